The summed E-state index contributed by atoms with van der Waals surface area (Å²) in [6.45, 7) is 6.62. The summed E-state index contributed by atoms with van der Waals surface area (Å²) in [7, 11) is 0. The molecule has 4 nitrogen and oxygen atoms in total. The van der Waals surface area contributed by atoms with Crippen LogP contribution in [0.25, 0.3) is 0 Å². The zero-order valence-corrected chi connectivity index (χ0v) is 11.6. The number of rotatable bonds is 8. The molecule has 0 bridgehead atoms. The molecule has 2 fully saturated rings. The van der Waals surface area contributed by atoms with E-state index in [4.69, 9.17) is 4.74 Å². The molecule has 2 rings (SSSR count). The molecule has 1 saturated heterocycles. The molecule has 1 aliphatic heterocycles. The Kier molecular flexibility index (Phi) is 5.89. The van der Waals surface area contributed by atoms with E-state index in [-0.39, 0.29) is 6.10 Å². The van der Waals surface area contributed by atoms with Crippen LogP contribution < -0.4 is 5.32 Å². The summed E-state index contributed by atoms with van der Waals surface area (Å²) in [5.74, 6) is 0. The third-order valence-corrected chi connectivity index (χ3v) is 3.71. The number of aliphatic hydroxyl groups excluding tert-OH is 1. The topological polar surface area (TPSA) is 44.7 Å². The average molecular weight is 256 g/mol. The van der Waals surface area contributed by atoms with Crippen molar-refractivity contribution in [1.82, 2.24) is 10.2 Å². The lowest BCUT2D eigenvalue weighted by atomic mass is 10.1. The molecule has 2 N–H and O–H groups in total. The number of likely N-dealkylation sites (tertiary alicyclic amines) is 1. The number of β-amino-alcohol motifs (C(OH)–C–C–N with tert-alkyl or cyclic N) is 1. The van der Waals surface area contributed by atoms with Crippen molar-refractivity contribution in [2.75, 3.05) is 32.8 Å². The van der Waals surface area contributed by atoms with Gasteiger partial charge in [-0.2, -0.15) is 0 Å². The lowest BCUT2D eigenvalue weighted by Crippen LogP contribution is -2.45. The molecule has 18 heavy (non-hydrogen) atoms. The van der Waals surface area contributed by atoms with Crippen molar-refractivity contribution in [2.24, 2.45) is 0 Å². The quantitative estimate of drug-likeness (QED) is 0.680. The Morgan fingerprint density at radius 2 is 2.22 bits per heavy atom. The highest BCUT2D eigenvalue weighted by Crippen LogP contribution is 2.18. The number of hydrogen-bond acceptors (Lipinski definition) is 4. The Morgan fingerprint density at radius 3 is 2.94 bits per heavy atom. The molecule has 4 heteroatoms. The van der Waals surface area contributed by atoms with E-state index in [1.54, 1.807) is 0 Å². The molecule has 106 valence electrons. The van der Waals surface area contributed by atoms with Crippen LogP contribution in [0.5, 0.6) is 0 Å². The van der Waals surface area contributed by atoms with Gasteiger partial charge in [0, 0.05) is 32.3 Å². The van der Waals surface area contributed by atoms with Gasteiger partial charge in [-0.25, -0.2) is 0 Å². The van der Waals surface area contributed by atoms with Crippen LogP contribution in [-0.4, -0.2) is 61.0 Å². The number of piperidine rings is 1. The summed E-state index contributed by atoms with van der Waals surface area (Å²) in [5.41, 5.74) is 0. The van der Waals surface area contributed by atoms with Gasteiger partial charge in [-0.3, -0.25) is 4.90 Å². The van der Waals surface area contributed by atoms with Gasteiger partial charge in [0.15, 0.2) is 0 Å². The van der Waals surface area contributed by atoms with E-state index >= 15 is 0 Å². The van der Waals surface area contributed by atoms with E-state index in [9.17, 15) is 5.11 Å². The van der Waals surface area contributed by atoms with E-state index in [0.717, 1.165) is 39.2 Å². The largest absolute Gasteiger partial charge is 0.390 e. The average Bonchev–Trinajstić information content (AvgIpc) is 3.18. The van der Waals surface area contributed by atoms with Gasteiger partial charge in [0.2, 0.25) is 0 Å². The van der Waals surface area contributed by atoms with Crippen molar-refractivity contribution in [3.05, 3.63) is 0 Å². The molecule has 0 spiro atoms. The number of aliphatic hydroxyl groups is 1. The van der Waals surface area contributed by atoms with Crippen LogP contribution >= 0.6 is 0 Å². The van der Waals surface area contributed by atoms with Gasteiger partial charge < -0.3 is 15.2 Å². The first-order valence-corrected chi connectivity index (χ1v) is 7.53. The highest BCUT2D eigenvalue weighted by Gasteiger charge is 2.24. The Balaban J connectivity index is 1.61. The first kappa shape index (κ1) is 14.3. The van der Waals surface area contributed by atoms with Crippen LogP contribution in [0, 0.1) is 0 Å². The first-order chi connectivity index (χ1) is 8.78. The van der Waals surface area contributed by atoms with Crippen LogP contribution in [0.3, 0.4) is 0 Å². The maximum atomic E-state index is 10.00. The molecule has 2 atom stereocenters. The van der Waals surface area contributed by atoms with E-state index in [2.05, 4.69) is 17.1 Å². The summed E-state index contributed by atoms with van der Waals surface area (Å²) in [4.78, 5) is 2.35. The smallest absolute Gasteiger partial charge is 0.0791 e. The maximum absolute atomic E-state index is 10.00. The molecule has 0 amide bonds. The minimum atomic E-state index is -0.240. The van der Waals surface area contributed by atoms with Gasteiger partial charge in [-0.1, -0.05) is 6.92 Å². The zero-order chi connectivity index (χ0) is 12.8. The van der Waals surface area contributed by atoms with Gasteiger partial charge in [0.25, 0.3) is 0 Å². The summed E-state index contributed by atoms with van der Waals surface area (Å²) < 4.78 is 5.81. The predicted molar refractivity (Wildman–Crippen MR) is 72.7 cm³/mol. The monoisotopic (exact) mass is 256 g/mol. The van der Waals surface area contributed by atoms with Crippen LogP contribution in [0.1, 0.15) is 39.0 Å². The predicted octanol–water partition coefficient (Wildman–Crippen LogP) is 0.990. The molecule has 0 aromatic rings. The zero-order valence-electron chi connectivity index (χ0n) is 11.6. The lowest BCUT2D eigenvalue weighted by molar-refractivity contribution is -0.0115. The van der Waals surface area contributed by atoms with E-state index in [0.29, 0.717) is 12.1 Å². The van der Waals surface area contributed by atoms with Crippen molar-refractivity contribution in [1.29, 1.82) is 0 Å². The highest BCUT2D eigenvalue weighted by atomic mass is 16.5. The van der Waals surface area contributed by atoms with Crippen LogP contribution in [0.2, 0.25) is 0 Å². The maximum Gasteiger partial charge on any atom is 0.0791 e. The van der Waals surface area contributed by atoms with Crippen molar-refractivity contribution in [2.45, 2.75) is 57.3 Å². The van der Waals surface area contributed by atoms with Gasteiger partial charge >= 0.3 is 0 Å². The summed E-state index contributed by atoms with van der Waals surface area (Å²) >= 11 is 0. The number of nitrogens with one attached hydrogen (secondary N) is 1. The molecule has 1 heterocycles. The molecule has 2 aliphatic rings. The molecule has 2 unspecified atom stereocenters. The van der Waals surface area contributed by atoms with Crippen molar-refractivity contribution >= 4 is 0 Å². The summed E-state index contributed by atoms with van der Waals surface area (Å²) in [5, 5.41) is 13.4. The molecule has 0 aromatic carbocycles. The molecule has 0 radical (unpaired) electrons. The Labute approximate surface area is 111 Å². The second kappa shape index (κ2) is 7.43. The standard InChI is InChI=1S/C14H28N2O2/c1-2-8-18-14-4-3-7-16(11-14)10-13(17)9-15-12-5-6-12/h12-15,17H,2-11H2,1H3. The molecule has 1 aliphatic carbocycles. The van der Waals surface area contributed by atoms with E-state index in [1.165, 1.54) is 25.7 Å². The van der Waals surface area contributed by atoms with Crippen molar-refractivity contribution in [3.63, 3.8) is 0 Å². The molecule has 1 saturated carbocycles. The molecular formula is C14H28N2O2. The Morgan fingerprint density at radius 1 is 1.39 bits per heavy atom. The van der Waals surface area contributed by atoms with Crippen molar-refractivity contribution in [3.8, 4) is 0 Å². The van der Waals surface area contributed by atoms with Crippen molar-refractivity contribution < 1.29 is 9.84 Å². The third kappa shape index (κ3) is 5.22. The second-order valence-electron chi connectivity index (χ2n) is 5.73. The fourth-order valence-corrected chi connectivity index (χ4v) is 2.55. The SMILES string of the molecule is CCCOC1CCCN(CC(O)CNC2CC2)C1. The van der Waals surface area contributed by atoms with Crippen LogP contribution in [-0.2, 0) is 4.74 Å². The van der Waals surface area contributed by atoms with Gasteiger partial charge in [-0.15, -0.1) is 0 Å². The van der Waals surface area contributed by atoms with Crippen LogP contribution in [0.15, 0.2) is 0 Å². The molecule has 0 aromatic heterocycles. The van der Waals surface area contributed by atoms with E-state index < -0.39 is 0 Å². The van der Waals surface area contributed by atoms with Gasteiger partial charge in [0.05, 0.1) is 12.2 Å². The number of hydrogen-bond donors (Lipinski definition) is 2. The number of ether oxygens (including phenoxy) is 1. The first-order valence-electron chi connectivity index (χ1n) is 7.53. The van der Waals surface area contributed by atoms with Gasteiger partial charge in [-0.05, 0) is 38.6 Å². The minimum absolute atomic E-state index is 0.240. The second-order valence-corrected chi connectivity index (χ2v) is 5.73. The fraction of sp³-hybridized carbons (Fsp3) is 1.00. The third-order valence-electron chi connectivity index (χ3n) is 3.71. The lowest BCUT2D eigenvalue weighted by Gasteiger charge is -2.33. The summed E-state index contributed by atoms with van der Waals surface area (Å²) in [6.07, 6.45) is 6.15. The normalized spacial score (nSPS) is 27.3. The Hall–Kier alpha value is -0.160. The number of nitrogens with zero attached hydrogens (tertiary/aromatic N) is 1. The van der Waals surface area contributed by atoms with Crippen LogP contribution in [0.4, 0.5) is 0 Å². The molecular weight excluding hydrogens is 228 g/mol. The van der Waals surface area contributed by atoms with E-state index in [1.807, 2.05) is 0 Å². The summed E-state index contributed by atoms with van der Waals surface area (Å²) in [6, 6.07) is 0.682. The highest BCUT2D eigenvalue weighted by molar-refractivity contribution is 4.83. The Bertz CT molecular complexity index is 234. The van der Waals surface area contributed by atoms with Gasteiger partial charge in [0.1, 0.15) is 0 Å². The minimum Gasteiger partial charge on any atom is -0.390 e. The fourth-order valence-electron chi connectivity index (χ4n) is 2.55.